The highest BCUT2D eigenvalue weighted by atomic mass is 35.5. The highest BCUT2D eigenvalue weighted by Crippen LogP contribution is 2.25. The molecule has 0 unspecified atom stereocenters. The summed E-state index contributed by atoms with van der Waals surface area (Å²) in [6, 6.07) is 8.85. The van der Waals surface area contributed by atoms with Crippen LogP contribution in [0.5, 0.6) is 0 Å². The van der Waals surface area contributed by atoms with Gasteiger partial charge in [0.1, 0.15) is 0 Å². The largest absolute Gasteiger partial charge is 0.319 e. The number of halogens is 2. The Morgan fingerprint density at radius 1 is 1.21 bits per heavy atom. The molecule has 0 atom stereocenters. The van der Waals surface area contributed by atoms with Gasteiger partial charge in [-0.15, -0.1) is 0 Å². The number of aryl methyl sites for hydroxylation is 1. The molecule has 0 aliphatic heterocycles. The summed E-state index contributed by atoms with van der Waals surface area (Å²) in [6.45, 7) is 2.23. The first kappa shape index (κ1) is 13.8. The number of nitrogens with one attached hydrogen (secondary N) is 1. The summed E-state index contributed by atoms with van der Waals surface area (Å²) in [5.74, 6) is -0.141. The van der Waals surface area contributed by atoms with Crippen molar-refractivity contribution in [2.75, 3.05) is 5.32 Å². The minimum absolute atomic E-state index is 0.141. The number of carbonyl (C=O) groups excluding carboxylic acids is 1. The van der Waals surface area contributed by atoms with Crippen molar-refractivity contribution in [1.82, 2.24) is 0 Å². The lowest BCUT2D eigenvalue weighted by molar-refractivity contribution is -0.684. The van der Waals surface area contributed by atoms with Crippen molar-refractivity contribution in [1.29, 1.82) is 0 Å². The first-order valence-electron chi connectivity index (χ1n) is 5.75. The molecule has 1 aromatic heterocycles. The van der Waals surface area contributed by atoms with Crippen molar-refractivity contribution in [3.63, 3.8) is 0 Å². The number of amides is 1. The molecular weight excluding hydrogens is 283 g/mol. The Morgan fingerprint density at radius 2 is 1.89 bits per heavy atom. The van der Waals surface area contributed by atoms with Crippen LogP contribution in [0.2, 0.25) is 10.0 Å². The van der Waals surface area contributed by atoms with Crippen LogP contribution < -0.4 is 9.88 Å². The average Bonchev–Trinajstić information content (AvgIpc) is 2.36. The molecule has 0 aliphatic carbocycles. The average molecular weight is 296 g/mol. The van der Waals surface area contributed by atoms with Crippen LogP contribution in [-0.4, -0.2) is 5.91 Å². The molecule has 1 aromatic carbocycles. The SMILES string of the molecule is Cc1cc[n+](CC(=O)Nc2ccc(Cl)cc2Cl)cc1. The van der Waals surface area contributed by atoms with E-state index in [2.05, 4.69) is 5.32 Å². The molecule has 98 valence electrons. The zero-order valence-electron chi connectivity index (χ0n) is 10.4. The van der Waals surface area contributed by atoms with Gasteiger partial charge in [-0.3, -0.25) is 4.79 Å². The van der Waals surface area contributed by atoms with Crippen molar-refractivity contribution < 1.29 is 9.36 Å². The minimum atomic E-state index is -0.141. The number of rotatable bonds is 3. The van der Waals surface area contributed by atoms with E-state index in [-0.39, 0.29) is 12.5 Å². The zero-order valence-corrected chi connectivity index (χ0v) is 11.9. The topological polar surface area (TPSA) is 33.0 Å². The first-order chi connectivity index (χ1) is 9.04. The number of benzene rings is 1. The van der Waals surface area contributed by atoms with E-state index in [1.54, 1.807) is 22.8 Å². The Morgan fingerprint density at radius 3 is 2.53 bits per heavy atom. The highest BCUT2D eigenvalue weighted by Gasteiger charge is 2.11. The van der Waals surface area contributed by atoms with E-state index < -0.39 is 0 Å². The quantitative estimate of drug-likeness (QED) is 0.867. The van der Waals surface area contributed by atoms with Crippen molar-refractivity contribution in [3.8, 4) is 0 Å². The van der Waals surface area contributed by atoms with E-state index in [0.717, 1.165) is 5.56 Å². The Hall–Kier alpha value is -1.58. The van der Waals surface area contributed by atoms with Gasteiger partial charge in [0.15, 0.2) is 12.4 Å². The lowest BCUT2D eigenvalue weighted by atomic mass is 10.3. The molecule has 1 amide bonds. The summed E-state index contributed by atoms with van der Waals surface area (Å²) < 4.78 is 1.80. The molecule has 0 radical (unpaired) electrons. The normalized spacial score (nSPS) is 10.3. The molecule has 0 fully saturated rings. The maximum absolute atomic E-state index is 11.9. The number of pyridine rings is 1. The summed E-state index contributed by atoms with van der Waals surface area (Å²) in [4.78, 5) is 11.9. The summed E-state index contributed by atoms with van der Waals surface area (Å²) >= 11 is 11.8. The van der Waals surface area contributed by atoms with Gasteiger partial charge >= 0.3 is 0 Å². The maximum Gasteiger partial charge on any atom is 0.290 e. The lowest BCUT2D eigenvalue weighted by Gasteiger charge is -2.05. The van der Waals surface area contributed by atoms with Crippen molar-refractivity contribution in [3.05, 3.63) is 58.3 Å². The second-order valence-electron chi connectivity index (χ2n) is 4.22. The smallest absolute Gasteiger partial charge is 0.290 e. The summed E-state index contributed by atoms with van der Waals surface area (Å²) in [6.07, 6.45) is 3.72. The molecule has 0 saturated heterocycles. The van der Waals surface area contributed by atoms with Crippen molar-refractivity contribution in [2.45, 2.75) is 13.5 Å². The van der Waals surface area contributed by atoms with Crippen LogP contribution >= 0.6 is 23.2 Å². The highest BCUT2D eigenvalue weighted by molar-refractivity contribution is 6.36. The molecule has 1 heterocycles. The molecule has 2 aromatic rings. The molecule has 0 spiro atoms. The Bertz CT molecular complexity index is 597. The summed E-state index contributed by atoms with van der Waals surface area (Å²) in [5.41, 5.74) is 1.71. The molecule has 1 N–H and O–H groups in total. The van der Waals surface area contributed by atoms with Gasteiger partial charge in [0.25, 0.3) is 5.91 Å². The number of nitrogens with zero attached hydrogens (tertiary/aromatic N) is 1. The molecule has 0 bridgehead atoms. The summed E-state index contributed by atoms with van der Waals surface area (Å²) in [7, 11) is 0. The van der Waals surface area contributed by atoms with Crippen LogP contribution in [0.3, 0.4) is 0 Å². The summed E-state index contributed by atoms with van der Waals surface area (Å²) in [5, 5.41) is 3.71. The molecule has 0 aliphatic rings. The maximum atomic E-state index is 11.9. The molecular formula is C14H13Cl2N2O+. The van der Waals surface area contributed by atoms with Crippen LogP contribution in [0.1, 0.15) is 5.56 Å². The number of hydrogen-bond donors (Lipinski definition) is 1. The van der Waals surface area contributed by atoms with Gasteiger partial charge in [-0.25, -0.2) is 0 Å². The van der Waals surface area contributed by atoms with Gasteiger partial charge in [0.2, 0.25) is 6.54 Å². The third-order valence-corrected chi connectivity index (χ3v) is 3.14. The second kappa shape index (κ2) is 6.04. The van der Waals surface area contributed by atoms with E-state index in [0.29, 0.717) is 15.7 Å². The van der Waals surface area contributed by atoms with Crippen molar-refractivity contribution >= 4 is 34.8 Å². The van der Waals surface area contributed by atoms with Gasteiger partial charge in [0.05, 0.1) is 10.7 Å². The third-order valence-electron chi connectivity index (χ3n) is 2.59. The number of hydrogen-bond acceptors (Lipinski definition) is 1. The number of anilines is 1. The number of aromatic nitrogens is 1. The number of carbonyl (C=O) groups is 1. The zero-order chi connectivity index (χ0) is 13.8. The Kier molecular flexibility index (Phi) is 4.40. The molecule has 0 saturated carbocycles. The van der Waals surface area contributed by atoms with Gasteiger partial charge < -0.3 is 5.32 Å². The van der Waals surface area contributed by atoms with Crippen LogP contribution in [0, 0.1) is 6.92 Å². The lowest BCUT2D eigenvalue weighted by Crippen LogP contribution is -2.39. The second-order valence-corrected chi connectivity index (χ2v) is 5.06. The minimum Gasteiger partial charge on any atom is -0.319 e. The van der Waals surface area contributed by atoms with E-state index in [9.17, 15) is 4.79 Å². The van der Waals surface area contributed by atoms with E-state index in [4.69, 9.17) is 23.2 Å². The Labute approximate surface area is 121 Å². The van der Waals surface area contributed by atoms with Crippen LogP contribution in [-0.2, 0) is 11.3 Å². The van der Waals surface area contributed by atoms with Gasteiger partial charge in [-0.05, 0) is 30.7 Å². The fourth-order valence-corrected chi connectivity index (χ4v) is 2.04. The fourth-order valence-electron chi connectivity index (χ4n) is 1.58. The van der Waals surface area contributed by atoms with E-state index in [1.165, 1.54) is 0 Å². The van der Waals surface area contributed by atoms with E-state index in [1.807, 2.05) is 31.5 Å². The van der Waals surface area contributed by atoms with Gasteiger partial charge in [-0.2, -0.15) is 4.57 Å². The molecule has 2 rings (SSSR count). The molecule has 5 heteroatoms. The van der Waals surface area contributed by atoms with Crippen LogP contribution in [0.4, 0.5) is 5.69 Å². The van der Waals surface area contributed by atoms with E-state index >= 15 is 0 Å². The molecule has 3 nitrogen and oxygen atoms in total. The van der Waals surface area contributed by atoms with Crippen molar-refractivity contribution in [2.24, 2.45) is 0 Å². The molecule has 19 heavy (non-hydrogen) atoms. The van der Waals surface area contributed by atoms with Gasteiger partial charge in [0, 0.05) is 17.2 Å². The fraction of sp³-hybridized carbons (Fsp3) is 0.143. The standard InChI is InChI=1S/C14H12Cl2N2O/c1-10-4-6-18(7-5-10)9-14(19)17-13-3-2-11(15)8-12(13)16/h2-8H,9H2,1H3/p+1. The van der Waals surface area contributed by atoms with Crippen LogP contribution in [0.25, 0.3) is 0 Å². The van der Waals surface area contributed by atoms with Gasteiger partial charge in [-0.1, -0.05) is 23.2 Å². The third kappa shape index (κ3) is 3.94. The Balaban J connectivity index is 2.03. The first-order valence-corrected chi connectivity index (χ1v) is 6.51. The van der Waals surface area contributed by atoms with Crippen LogP contribution in [0.15, 0.2) is 42.7 Å². The predicted molar refractivity (Wildman–Crippen MR) is 76.5 cm³/mol. The monoisotopic (exact) mass is 295 g/mol. The predicted octanol–water partition coefficient (Wildman–Crippen LogP) is 3.23.